The van der Waals surface area contributed by atoms with Gasteiger partial charge in [-0.1, -0.05) is 0 Å². The Morgan fingerprint density at radius 3 is 1.03 bits per heavy atom. The van der Waals surface area contributed by atoms with Crippen molar-refractivity contribution < 1.29 is 80.2 Å². The Hall–Kier alpha value is -1.91. The molecule has 4 rings (SSSR count). The van der Waals surface area contributed by atoms with Crippen molar-refractivity contribution in [3.63, 3.8) is 0 Å². The van der Waals surface area contributed by atoms with Crippen molar-refractivity contribution in [1.82, 2.24) is 0 Å². The van der Waals surface area contributed by atoms with Crippen molar-refractivity contribution in [2.75, 3.05) is 0 Å². The van der Waals surface area contributed by atoms with Gasteiger partial charge in [0.1, 0.15) is 12.7 Å². The van der Waals surface area contributed by atoms with Crippen LogP contribution in [0.5, 0.6) is 0 Å². The molecule has 4 aliphatic carbocycles. The maximum atomic E-state index is 14.6. The predicted octanol–water partition coefficient (Wildman–Crippen LogP) is 3.83. The molecule has 3 nitrogen and oxygen atoms in total. The fourth-order valence-corrected chi connectivity index (χ4v) is 4.28. The number of hydrogen-bond acceptors (Lipinski definition) is 3. The highest BCUT2D eigenvalue weighted by Crippen LogP contribution is 2.88. The van der Waals surface area contributed by atoms with Gasteiger partial charge in [0, 0.05) is 0 Å². The van der Waals surface area contributed by atoms with Gasteiger partial charge < -0.3 is 9.53 Å². The Kier molecular flexibility index (Phi) is 3.84. The van der Waals surface area contributed by atoms with Crippen LogP contribution in [0.3, 0.4) is 0 Å². The summed E-state index contributed by atoms with van der Waals surface area (Å²) < 4.78 is 218. The second-order valence-corrected chi connectivity index (χ2v) is 6.95. The second-order valence-electron chi connectivity index (χ2n) is 6.95. The number of halogens is 15. The van der Waals surface area contributed by atoms with E-state index in [1.54, 1.807) is 0 Å². The van der Waals surface area contributed by atoms with Crippen LogP contribution in [0.15, 0.2) is 0 Å². The van der Waals surface area contributed by atoms with Gasteiger partial charge in [-0.2, -0.15) is 52.7 Å². The number of esters is 1. The van der Waals surface area contributed by atoms with E-state index >= 15 is 0 Å². The number of ether oxygens (including phenoxy) is 1. The first-order chi connectivity index (χ1) is 13.5. The molecule has 4 bridgehead atoms. The van der Waals surface area contributed by atoms with Crippen LogP contribution in [0.2, 0.25) is 0 Å². The molecule has 31 heavy (non-hydrogen) atoms. The third-order valence-corrected chi connectivity index (χ3v) is 5.74. The first-order valence-electron chi connectivity index (χ1n) is 7.44. The molecule has 0 aromatic carbocycles. The summed E-state index contributed by atoms with van der Waals surface area (Å²) >= 11 is 0. The Morgan fingerprint density at radius 1 is 0.548 bits per heavy atom. The third-order valence-electron chi connectivity index (χ3n) is 5.74. The summed E-state index contributed by atoms with van der Waals surface area (Å²) in [5, 5.41) is 0. The normalized spacial score (nSPS) is 46.4. The molecule has 0 saturated heterocycles. The van der Waals surface area contributed by atoms with Gasteiger partial charge in [0.05, 0.1) is 0 Å². The summed E-state index contributed by atoms with van der Waals surface area (Å²) in [5.41, 5.74) is -30.8. The van der Waals surface area contributed by atoms with Crippen molar-refractivity contribution in [2.45, 2.75) is 64.6 Å². The average molecular weight is 492 g/mol. The van der Waals surface area contributed by atoms with Crippen LogP contribution in [0.25, 0.3) is 0 Å². The van der Waals surface area contributed by atoms with E-state index < -0.39 is 76.8 Å². The van der Waals surface area contributed by atoms with E-state index in [-0.39, 0.29) is 0 Å². The van der Waals surface area contributed by atoms with E-state index in [1.807, 2.05) is 0 Å². The number of rotatable bonds is 3. The lowest BCUT2D eigenvalue weighted by atomic mass is 9.40. The van der Waals surface area contributed by atoms with Gasteiger partial charge in [-0.25, -0.2) is 13.2 Å². The fourth-order valence-electron chi connectivity index (χ4n) is 4.28. The second kappa shape index (κ2) is 5.02. The molecule has 0 aromatic rings. The molecule has 178 valence electrons. The molecular weight excluding hydrogens is 489 g/mol. The summed E-state index contributed by atoms with van der Waals surface area (Å²) in [4.78, 5) is 21.3. The van der Waals surface area contributed by atoms with Crippen LogP contribution in [-0.4, -0.2) is 70.4 Å². The van der Waals surface area contributed by atoms with E-state index in [2.05, 4.69) is 4.74 Å². The van der Waals surface area contributed by atoms with Gasteiger partial charge in [0.2, 0.25) is 0 Å². The Morgan fingerprint density at radius 2 is 0.806 bits per heavy atom. The quantitative estimate of drug-likeness (QED) is 0.261. The molecule has 18 heteroatoms. The molecule has 0 spiro atoms. The lowest BCUT2D eigenvalue weighted by Crippen LogP contribution is -3.10. The monoisotopic (exact) mass is 492 g/mol. The van der Waals surface area contributed by atoms with Gasteiger partial charge in [-0.15, -0.1) is 0 Å². The van der Waals surface area contributed by atoms with Crippen LogP contribution in [-0.2, 0) is 14.3 Å². The molecule has 0 heterocycles. The molecule has 0 aromatic heterocycles. The van der Waals surface area contributed by atoms with Crippen molar-refractivity contribution in [3.8, 4) is 0 Å². The Bertz CT molecular complexity index is 766. The van der Waals surface area contributed by atoms with Crippen molar-refractivity contribution in [3.05, 3.63) is 0 Å². The largest absolute Gasteiger partial charge is 0.439 e. The van der Waals surface area contributed by atoms with E-state index in [9.17, 15) is 75.4 Å². The van der Waals surface area contributed by atoms with Gasteiger partial charge in [-0.05, 0) is 0 Å². The maximum Gasteiger partial charge on any atom is 0.345 e. The van der Waals surface area contributed by atoms with Crippen molar-refractivity contribution in [2.24, 2.45) is 0 Å². The first kappa shape index (κ1) is 23.7. The maximum absolute atomic E-state index is 14.6. The van der Waals surface area contributed by atoms with E-state index in [4.69, 9.17) is 0 Å². The van der Waals surface area contributed by atoms with E-state index in [0.717, 1.165) is 0 Å². The first-order valence-corrected chi connectivity index (χ1v) is 7.44. The lowest BCUT2D eigenvalue weighted by Gasteiger charge is -2.74. The predicted molar refractivity (Wildman–Crippen MR) is 60.7 cm³/mol. The summed E-state index contributed by atoms with van der Waals surface area (Å²) in [6.07, 6.45) is -2.90. The molecule has 0 amide bonds. The fraction of sp³-hybridized carbons (Fsp3) is 0.846. The van der Waals surface area contributed by atoms with Gasteiger partial charge in [-0.3, -0.25) is 4.79 Å². The highest BCUT2D eigenvalue weighted by Gasteiger charge is 3.24. The smallest absolute Gasteiger partial charge is 0.345 e. The summed E-state index contributed by atoms with van der Waals surface area (Å²) in [6.45, 7) is 0. The standard InChI is InChI=1S/C13H3F15O3/c14-4-8(17,18)5(15)10(21,22)6(16,9(4,19)20)13(27,28)7(11(4,23)24,12(5,25)26)31-3(30)1-2-29/h2H,1H2. The van der Waals surface area contributed by atoms with Gasteiger partial charge in [0.25, 0.3) is 0 Å². The minimum Gasteiger partial charge on any atom is -0.439 e. The van der Waals surface area contributed by atoms with Gasteiger partial charge in [0.15, 0.2) is 0 Å². The van der Waals surface area contributed by atoms with Crippen LogP contribution < -0.4 is 0 Å². The number of alkyl halides is 15. The zero-order valence-electron chi connectivity index (χ0n) is 13.7. The average Bonchev–Trinajstić information content (AvgIpc) is 2.59. The summed E-state index contributed by atoms with van der Waals surface area (Å²) in [6, 6.07) is 0. The zero-order chi connectivity index (χ0) is 24.7. The molecule has 0 atom stereocenters. The Labute approximate surface area is 158 Å². The molecular formula is C13H3F15O3. The lowest BCUT2D eigenvalue weighted by molar-refractivity contribution is -0.614. The Balaban J connectivity index is 2.65. The van der Waals surface area contributed by atoms with Gasteiger partial charge >= 0.3 is 64.1 Å². The molecule has 0 unspecified atom stereocenters. The summed E-state index contributed by atoms with van der Waals surface area (Å²) in [5.74, 6) is -50.4. The molecule has 4 fully saturated rings. The highest BCUT2D eigenvalue weighted by molar-refractivity contribution is 5.84. The van der Waals surface area contributed by atoms with Crippen LogP contribution in [0.1, 0.15) is 6.42 Å². The molecule has 0 aliphatic heterocycles. The molecule has 0 radical (unpaired) electrons. The van der Waals surface area contributed by atoms with Crippen molar-refractivity contribution in [1.29, 1.82) is 0 Å². The molecule has 4 aliphatic rings. The zero-order valence-corrected chi connectivity index (χ0v) is 13.7. The number of hydrogen-bond donors (Lipinski definition) is 0. The summed E-state index contributed by atoms with van der Waals surface area (Å²) in [7, 11) is 0. The topological polar surface area (TPSA) is 43.4 Å². The third kappa shape index (κ3) is 1.47. The van der Waals surface area contributed by atoms with Crippen LogP contribution >= 0.6 is 0 Å². The van der Waals surface area contributed by atoms with E-state index in [1.165, 1.54) is 0 Å². The molecule has 4 saturated carbocycles. The SMILES string of the molecule is O=CCC(=O)OC12C(F)(F)C3(F)C(F)(F)C(F)(C(F)(F)C(F)(C3(F)F)C1(F)F)C2(F)F. The molecule has 0 N–H and O–H groups in total. The van der Waals surface area contributed by atoms with E-state index in [0.29, 0.717) is 0 Å². The number of aldehydes is 1. The van der Waals surface area contributed by atoms with Crippen LogP contribution in [0.4, 0.5) is 65.9 Å². The number of carbonyl (C=O) groups excluding carboxylic acids is 2. The minimum absolute atomic E-state index is 0.781. The number of carbonyl (C=O) groups is 2. The highest BCUT2D eigenvalue weighted by atomic mass is 19.3. The minimum atomic E-state index is -7.95. The van der Waals surface area contributed by atoms with Crippen molar-refractivity contribution >= 4 is 12.3 Å². The van der Waals surface area contributed by atoms with Crippen LogP contribution in [0, 0.1) is 0 Å².